The molecule has 1 heterocycles. The van der Waals surface area contributed by atoms with Crippen molar-refractivity contribution in [1.82, 2.24) is 10.6 Å². The highest BCUT2D eigenvalue weighted by molar-refractivity contribution is 5.81. The highest BCUT2D eigenvalue weighted by Gasteiger charge is 2.58. The molecule has 1 fully saturated rings. The largest absolute Gasteiger partial charge is 0.465 e. The minimum absolute atomic E-state index is 0.0784. The molecule has 6 atom stereocenters. The Bertz CT molecular complexity index is 1660. The highest BCUT2D eigenvalue weighted by Crippen LogP contribution is 2.35. The summed E-state index contributed by atoms with van der Waals surface area (Å²) in [6.07, 6.45) is -2.19. The lowest BCUT2D eigenvalue weighted by Crippen LogP contribution is -2.69. The fourth-order valence-corrected chi connectivity index (χ4v) is 5.75. The second-order valence-electron chi connectivity index (χ2n) is 12.5. The number of benzene rings is 2. The molecule has 0 radical (unpaired) electrons. The van der Waals surface area contributed by atoms with E-state index in [1.54, 1.807) is 12.1 Å². The van der Waals surface area contributed by atoms with Gasteiger partial charge in [0.1, 0.15) is 12.7 Å². The van der Waals surface area contributed by atoms with Crippen LogP contribution in [0.5, 0.6) is 0 Å². The zero-order valence-electron chi connectivity index (χ0n) is 31.7. The average Bonchev–Trinajstić information content (AvgIpc) is 3.16. The van der Waals surface area contributed by atoms with Gasteiger partial charge in [-0.3, -0.25) is 24.0 Å². The predicted octanol–water partition coefficient (Wildman–Crippen LogP) is 0.626. The van der Waals surface area contributed by atoms with Crippen molar-refractivity contribution in [3.05, 3.63) is 60.2 Å². The molecule has 0 spiro atoms. The second kappa shape index (κ2) is 22.9. The van der Waals surface area contributed by atoms with Crippen LogP contribution in [0.25, 0.3) is 11.1 Å². The van der Waals surface area contributed by atoms with Gasteiger partial charge in [-0.15, -0.1) is 6.42 Å². The fraction of sp³-hybridized carbons (Fsp3) is 0.487. The van der Waals surface area contributed by atoms with Gasteiger partial charge < -0.3 is 53.6 Å². The number of methoxy groups -OCH3 is 1. The van der Waals surface area contributed by atoms with E-state index in [4.69, 9.17) is 44.3 Å². The maximum atomic E-state index is 13.3. The van der Waals surface area contributed by atoms with Crippen LogP contribution in [0.1, 0.15) is 32.8 Å². The summed E-state index contributed by atoms with van der Waals surface area (Å²) >= 11 is 0. The van der Waals surface area contributed by atoms with Gasteiger partial charge in [0.25, 0.3) is 11.7 Å². The number of terminal acetylenes is 1. The third-order valence-electron chi connectivity index (χ3n) is 8.16. The standard InChI is InChI=1S/C39H48N2O15/c1-6-16-50-17-18-51-19-20-53-39(38(48)49-5)22-31(45)35(41-34(47)24-52-25(2)42)37(56-39)36(55-27(4)44)32(54-26(3)43)23-40-33(46)21-28-12-14-30(15-13-28)29-10-8-7-9-11-29/h1,7-15,31-32,35-37,45H,16-24H2,2-5H3,(H,40,46)(H,41,47)/t31-,32+,35+,36+,37+,39?/m0/s1. The Morgan fingerprint density at radius 2 is 1.52 bits per heavy atom. The minimum atomic E-state index is -2.38. The monoisotopic (exact) mass is 784 g/mol. The summed E-state index contributed by atoms with van der Waals surface area (Å²) < 4.78 is 43.6. The van der Waals surface area contributed by atoms with Crippen LogP contribution in [0.4, 0.5) is 0 Å². The van der Waals surface area contributed by atoms with Gasteiger partial charge in [0.2, 0.25) is 5.91 Å². The van der Waals surface area contributed by atoms with E-state index in [2.05, 4.69) is 16.6 Å². The molecule has 0 saturated carbocycles. The van der Waals surface area contributed by atoms with E-state index >= 15 is 0 Å². The van der Waals surface area contributed by atoms with Crippen LogP contribution >= 0.6 is 0 Å². The van der Waals surface area contributed by atoms with E-state index < -0.39 is 91.5 Å². The van der Waals surface area contributed by atoms with Crippen molar-refractivity contribution in [2.75, 3.05) is 53.3 Å². The summed E-state index contributed by atoms with van der Waals surface area (Å²) in [5, 5.41) is 16.7. The Morgan fingerprint density at radius 1 is 0.875 bits per heavy atom. The molecule has 17 heteroatoms. The van der Waals surface area contributed by atoms with Crippen molar-refractivity contribution < 1.29 is 71.8 Å². The first-order valence-electron chi connectivity index (χ1n) is 17.6. The highest BCUT2D eigenvalue weighted by atomic mass is 16.7. The fourth-order valence-electron chi connectivity index (χ4n) is 5.75. The maximum Gasteiger partial charge on any atom is 0.366 e. The first kappa shape index (κ1) is 45.0. The zero-order valence-corrected chi connectivity index (χ0v) is 31.7. The summed E-state index contributed by atoms with van der Waals surface area (Å²) in [7, 11) is 1.04. The molecule has 0 aliphatic carbocycles. The number of hydrogen-bond donors (Lipinski definition) is 3. The first-order chi connectivity index (χ1) is 26.8. The van der Waals surface area contributed by atoms with Crippen molar-refractivity contribution in [3.8, 4) is 23.5 Å². The zero-order chi connectivity index (χ0) is 41.1. The SMILES string of the molecule is C#CCOCCOCCOC1(C(=O)OC)C[C@H](O)[C@@H](NC(=O)COC(C)=O)[C@H]([C@H](OC(C)=O)[C@@H](CNC(=O)Cc2ccc(-c3ccccc3)cc2)OC(C)=O)O1. The van der Waals surface area contributed by atoms with Gasteiger partial charge in [-0.2, -0.15) is 0 Å². The molecule has 1 aliphatic heterocycles. The molecule has 0 bridgehead atoms. The molecular formula is C39H48N2O15. The van der Waals surface area contributed by atoms with Gasteiger partial charge >= 0.3 is 23.9 Å². The molecule has 3 rings (SSSR count). The van der Waals surface area contributed by atoms with E-state index in [-0.39, 0.29) is 39.5 Å². The minimum Gasteiger partial charge on any atom is -0.465 e. The molecule has 2 aromatic rings. The second-order valence-corrected chi connectivity index (χ2v) is 12.5. The number of aliphatic hydroxyl groups excluding tert-OH is 1. The summed E-state index contributed by atoms with van der Waals surface area (Å²) in [6.45, 7) is 1.99. The number of aliphatic hydroxyl groups is 1. The molecule has 17 nitrogen and oxygen atoms in total. The third-order valence-corrected chi connectivity index (χ3v) is 8.16. The summed E-state index contributed by atoms with van der Waals surface area (Å²) in [6, 6.07) is 15.5. The molecule has 2 amide bonds. The molecule has 56 heavy (non-hydrogen) atoms. The third kappa shape index (κ3) is 14.4. The topological polar surface area (TPSA) is 221 Å². The van der Waals surface area contributed by atoms with E-state index in [0.717, 1.165) is 39.0 Å². The molecule has 304 valence electrons. The molecule has 1 saturated heterocycles. The van der Waals surface area contributed by atoms with Crippen LogP contribution in [0.15, 0.2) is 54.6 Å². The van der Waals surface area contributed by atoms with Gasteiger partial charge in [-0.25, -0.2) is 4.79 Å². The van der Waals surface area contributed by atoms with E-state index in [9.17, 15) is 33.9 Å². The summed E-state index contributed by atoms with van der Waals surface area (Å²) in [5.41, 5.74) is 2.61. The van der Waals surface area contributed by atoms with Crippen LogP contribution in [0.2, 0.25) is 0 Å². The van der Waals surface area contributed by atoms with Crippen LogP contribution in [0, 0.1) is 12.3 Å². The van der Waals surface area contributed by atoms with E-state index in [1.807, 2.05) is 42.5 Å². The Morgan fingerprint density at radius 3 is 2.14 bits per heavy atom. The lowest BCUT2D eigenvalue weighted by molar-refractivity contribution is -0.314. The Hall–Kier alpha value is -5.38. The van der Waals surface area contributed by atoms with Gasteiger partial charge in [0.05, 0.1) is 58.6 Å². The van der Waals surface area contributed by atoms with Crippen molar-refractivity contribution in [2.45, 2.75) is 69.9 Å². The van der Waals surface area contributed by atoms with Crippen molar-refractivity contribution >= 4 is 35.7 Å². The molecule has 1 aliphatic rings. The molecule has 0 aromatic heterocycles. The van der Waals surface area contributed by atoms with E-state index in [0.29, 0.717) is 5.56 Å². The van der Waals surface area contributed by atoms with Gasteiger partial charge in [0, 0.05) is 27.2 Å². The average molecular weight is 785 g/mol. The summed E-state index contributed by atoms with van der Waals surface area (Å²) in [4.78, 5) is 75.9. The van der Waals surface area contributed by atoms with Gasteiger partial charge in [-0.05, 0) is 16.7 Å². The Kier molecular flexibility index (Phi) is 18.4. The van der Waals surface area contributed by atoms with Crippen molar-refractivity contribution in [1.29, 1.82) is 0 Å². The van der Waals surface area contributed by atoms with E-state index in [1.165, 1.54) is 0 Å². The number of amides is 2. The number of carbonyl (C=O) groups excluding carboxylic acids is 6. The van der Waals surface area contributed by atoms with Gasteiger partial charge in [0.15, 0.2) is 18.8 Å². The number of nitrogens with one attached hydrogen (secondary N) is 2. The maximum absolute atomic E-state index is 13.3. The number of esters is 4. The van der Waals surface area contributed by atoms with Gasteiger partial charge in [-0.1, -0.05) is 60.5 Å². The van der Waals surface area contributed by atoms with Crippen LogP contribution in [-0.4, -0.2) is 130 Å². The summed E-state index contributed by atoms with van der Waals surface area (Å²) in [5.74, 6) is -5.12. The smallest absolute Gasteiger partial charge is 0.366 e. The predicted molar refractivity (Wildman–Crippen MR) is 195 cm³/mol. The lowest BCUT2D eigenvalue weighted by Gasteiger charge is -2.47. The first-order valence-corrected chi connectivity index (χ1v) is 17.6. The number of ether oxygens (including phenoxy) is 8. The number of carbonyl (C=O) groups is 6. The van der Waals surface area contributed by atoms with Crippen LogP contribution < -0.4 is 10.6 Å². The van der Waals surface area contributed by atoms with Crippen molar-refractivity contribution in [2.24, 2.45) is 0 Å². The lowest BCUT2D eigenvalue weighted by atomic mass is 9.88. The Labute approximate surface area is 324 Å². The number of hydrogen-bond acceptors (Lipinski definition) is 15. The normalized spacial score (nSPS) is 20.0. The molecule has 3 N–H and O–H groups in total. The quantitative estimate of drug-likeness (QED) is 0.0684. The molecule has 1 unspecified atom stereocenters. The number of rotatable bonds is 21. The Balaban J connectivity index is 1.91. The van der Waals surface area contributed by atoms with Crippen LogP contribution in [-0.2, 0) is 73.1 Å². The van der Waals surface area contributed by atoms with Crippen molar-refractivity contribution in [3.63, 3.8) is 0 Å². The molecule has 2 aromatic carbocycles. The molecular weight excluding hydrogens is 736 g/mol. The van der Waals surface area contributed by atoms with Crippen LogP contribution in [0.3, 0.4) is 0 Å².